The second-order valence-corrected chi connectivity index (χ2v) is 6.08. The van der Waals surface area contributed by atoms with E-state index in [1.165, 1.54) is 19.3 Å². The molecule has 1 amide bonds. The fraction of sp³-hybridized carbons (Fsp3) is 0.238. The number of rotatable bonds is 9. The zero-order chi connectivity index (χ0) is 20.4. The summed E-state index contributed by atoms with van der Waals surface area (Å²) in [5, 5.41) is 3.04. The molecule has 2 aromatic carbocycles. The fourth-order valence-corrected chi connectivity index (χ4v) is 2.64. The predicted octanol–water partition coefficient (Wildman–Crippen LogP) is 3.62. The van der Waals surface area contributed by atoms with E-state index in [4.69, 9.17) is 25.8 Å². The van der Waals surface area contributed by atoms with E-state index in [2.05, 4.69) is 5.32 Å². The molecule has 0 aliphatic carbocycles. The van der Waals surface area contributed by atoms with Gasteiger partial charge in [-0.2, -0.15) is 0 Å². The molecule has 0 atom stereocenters. The summed E-state index contributed by atoms with van der Waals surface area (Å²) in [5.74, 6) is -0.111. The Bertz CT molecular complexity index is 836. The van der Waals surface area contributed by atoms with E-state index in [1.54, 1.807) is 12.1 Å². The molecule has 2 aromatic rings. The molecule has 0 aromatic heterocycles. The average molecular weight is 404 g/mol. The molecule has 0 fully saturated rings. The van der Waals surface area contributed by atoms with Crippen LogP contribution >= 0.6 is 11.6 Å². The molecule has 0 saturated heterocycles. The Labute approximate surface area is 169 Å². The molecule has 0 spiro atoms. The van der Waals surface area contributed by atoms with Crippen LogP contribution in [0.2, 0.25) is 5.02 Å². The molecule has 148 valence electrons. The summed E-state index contributed by atoms with van der Waals surface area (Å²) >= 11 is 6.17. The minimum atomic E-state index is -0.639. The smallest absolute Gasteiger partial charge is 0.331 e. The zero-order valence-corrected chi connectivity index (χ0v) is 16.5. The Balaban J connectivity index is 1.86. The molecule has 0 radical (unpaired) electrons. The van der Waals surface area contributed by atoms with Gasteiger partial charge in [0.15, 0.2) is 18.1 Å². The van der Waals surface area contributed by atoms with Crippen molar-refractivity contribution in [2.45, 2.75) is 13.5 Å². The summed E-state index contributed by atoms with van der Waals surface area (Å²) in [5.41, 5.74) is 1.60. The minimum absolute atomic E-state index is 0.358. The first-order chi connectivity index (χ1) is 13.5. The quantitative estimate of drug-likeness (QED) is 0.511. The highest BCUT2D eigenvalue weighted by Gasteiger charge is 2.11. The van der Waals surface area contributed by atoms with Gasteiger partial charge in [-0.15, -0.1) is 0 Å². The first-order valence-electron chi connectivity index (χ1n) is 8.69. The van der Waals surface area contributed by atoms with Crippen molar-refractivity contribution in [1.29, 1.82) is 0 Å². The number of carbonyl (C=O) groups excluding carboxylic acids is 2. The number of ether oxygens (including phenoxy) is 3. The summed E-state index contributed by atoms with van der Waals surface area (Å²) in [6.45, 7) is 2.30. The highest BCUT2D eigenvalue weighted by molar-refractivity contribution is 6.32. The van der Waals surface area contributed by atoms with E-state index >= 15 is 0 Å². The Hall–Kier alpha value is -2.99. The SMILES string of the molecule is CCOc1cc(/C=C/C(=O)OCC(=O)NCc2ccccc2)cc(Cl)c1OC. The highest BCUT2D eigenvalue weighted by atomic mass is 35.5. The summed E-state index contributed by atoms with van der Waals surface area (Å²) < 4.78 is 15.6. The Morgan fingerprint density at radius 2 is 1.93 bits per heavy atom. The van der Waals surface area contributed by atoms with Crippen molar-refractivity contribution in [2.24, 2.45) is 0 Å². The van der Waals surface area contributed by atoms with E-state index in [0.29, 0.717) is 35.2 Å². The molecule has 0 heterocycles. The molecular formula is C21H22ClNO5. The number of hydrogen-bond donors (Lipinski definition) is 1. The largest absolute Gasteiger partial charge is 0.491 e. The molecule has 0 unspecified atom stereocenters. The van der Waals surface area contributed by atoms with E-state index in [-0.39, 0.29) is 12.5 Å². The second-order valence-electron chi connectivity index (χ2n) is 5.67. The second kappa shape index (κ2) is 11.0. The van der Waals surface area contributed by atoms with Crippen LogP contribution in [0.15, 0.2) is 48.5 Å². The molecule has 0 bridgehead atoms. The van der Waals surface area contributed by atoms with Gasteiger partial charge in [-0.1, -0.05) is 41.9 Å². The molecule has 2 rings (SSSR count). The number of amides is 1. The lowest BCUT2D eigenvalue weighted by atomic mass is 10.2. The minimum Gasteiger partial charge on any atom is -0.491 e. The van der Waals surface area contributed by atoms with Crippen molar-refractivity contribution in [3.8, 4) is 11.5 Å². The van der Waals surface area contributed by atoms with E-state index < -0.39 is 5.97 Å². The number of carbonyl (C=O) groups is 2. The maximum Gasteiger partial charge on any atom is 0.331 e. The number of esters is 1. The van der Waals surface area contributed by atoms with Gasteiger partial charge in [0.2, 0.25) is 0 Å². The number of nitrogens with one attached hydrogen (secondary N) is 1. The van der Waals surface area contributed by atoms with Gasteiger partial charge in [0, 0.05) is 12.6 Å². The molecule has 0 saturated carbocycles. The van der Waals surface area contributed by atoms with Crippen molar-refractivity contribution < 1.29 is 23.8 Å². The van der Waals surface area contributed by atoms with Crippen molar-refractivity contribution in [1.82, 2.24) is 5.32 Å². The summed E-state index contributed by atoms with van der Waals surface area (Å²) in [6.07, 6.45) is 2.75. The Kier molecular flexibility index (Phi) is 8.37. The van der Waals surface area contributed by atoms with Crippen molar-refractivity contribution in [3.05, 3.63) is 64.7 Å². The van der Waals surface area contributed by atoms with Crippen LogP contribution in [0.5, 0.6) is 11.5 Å². The normalized spacial score (nSPS) is 10.5. The number of benzene rings is 2. The van der Waals surface area contributed by atoms with Crippen LogP contribution in [-0.2, 0) is 20.9 Å². The summed E-state index contributed by atoms with van der Waals surface area (Å²) in [4.78, 5) is 23.6. The van der Waals surface area contributed by atoms with Crippen LogP contribution in [0, 0.1) is 0 Å². The van der Waals surface area contributed by atoms with Crippen LogP contribution in [0.3, 0.4) is 0 Å². The molecule has 0 aliphatic rings. The number of halogens is 1. The standard InChI is InChI=1S/C21H22ClNO5/c1-3-27-18-12-16(11-17(22)21(18)26-2)9-10-20(25)28-14-19(24)23-13-15-7-5-4-6-8-15/h4-12H,3,13-14H2,1-2H3,(H,23,24)/b10-9+. The van der Waals surface area contributed by atoms with Crippen LogP contribution in [0.1, 0.15) is 18.1 Å². The Morgan fingerprint density at radius 3 is 2.61 bits per heavy atom. The highest BCUT2D eigenvalue weighted by Crippen LogP contribution is 2.36. The third kappa shape index (κ3) is 6.63. The molecule has 6 nitrogen and oxygen atoms in total. The van der Waals surface area contributed by atoms with Gasteiger partial charge >= 0.3 is 5.97 Å². The predicted molar refractivity (Wildman–Crippen MR) is 107 cm³/mol. The molecule has 0 aliphatic heterocycles. The van der Waals surface area contributed by atoms with Crippen LogP contribution in [0.25, 0.3) is 6.08 Å². The molecular weight excluding hydrogens is 382 g/mol. The van der Waals surface area contributed by atoms with E-state index in [9.17, 15) is 9.59 Å². The monoisotopic (exact) mass is 403 g/mol. The van der Waals surface area contributed by atoms with Gasteiger partial charge in [0.1, 0.15) is 0 Å². The van der Waals surface area contributed by atoms with Crippen molar-refractivity contribution >= 4 is 29.6 Å². The van der Waals surface area contributed by atoms with Crippen LogP contribution in [0.4, 0.5) is 0 Å². The number of hydrogen-bond acceptors (Lipinski definition) is 5. The Morgan fingerprint density at radius 1 is 1.18 bits per heavy atom. The topological polar surface area (TPSA) is 73.9 Å². The van der Waals surface area contributed by atoms with E-state index in [1.807, 2.05) is 37.3 Å². The third-order valence-electron chi connectivity index (χ3n) is 3.63. The number of methoxy groups -OCH3 is 1. The maximum absolute atomic E-state index is 11.8. The lowest BCUT2D eigenvalue weighted by molar-refractivity contribution is -0.143. The van der Waals surface area contributed by atoms with Crippen LogP contribution in [-0.4, -0.2) is 32.2 Å². The maximum atomic E-state index is 11.8. The van der Waals surface area contributed by atoms with Gasteiger partial charge in [0.25, 0.3) is 5.91 Å². The lowest BCUT2D eigenvalue weighted by Crippen LogP contribution is -2.28. The van der Waals surface area contributed by atoms with E-state index in [0.717, 1.165) is 5.56 Å². The molecule has 7 heteroatoms. The first kappa shape index (κ1) is 21.3. The molecule has 28 heavy (non-hydrogen) atoms. The average Bonchev–Trinajstić information content (AvgIpc) is 2.70. The molecule has 1 N–H and O–H groups in total. The first-order valence-corrected chi connectivity index (χ1v) is 9.07. The zero-order valence-electron chi connectivity index (χ0n) is 15.7. The van der Waals surface area contributed by atoms with Gasteiger partial charge in [-0.25, -0.2) is 4.79 Å². The fourth-order valence-electron chi connectivity index (χ4n) is 2.34. The van der Waals surface area contributed by atoms with Crippen molar-refractivity contribution in [3.63, 3.8) is 0 Å². The summed E-state index contributed by atoms with van der Waals surface area (Å²) in [6, 6.07) is 12.8. The van der Waals surface area contributed by atoms with Crippen LogP contribution < -0.4 is 14.8 Å². The van der Waals surface area contributed by atoms with Gasteiger partial charge in [0.05, 0.1) is 18.7 Å². The van der Waals surface area contributed by atoms with Crippen molar-refractivity contribution in [2.75, 3.05) is 20.3 Å². The van der Waals surface area contributed by atoms with Gasteiger partial charge in [-0.05, 0) is 36.3 Å². The van der Waals surface area contributed by atoms with Gasteiger partial charge in [-0.3, -0.25) is 4.79 Å². The summed E-state index contributed by atoms with van der Waals surface area (Å²) in [7, 11) is 1.50. The lowest BCUT2D eigenvalue weighted by Gasteiger charge is -2.11. The third-order valence-corrected chi connectivity index (χ3v) is 3.91. The van der Waals surface area contributed by atoms with Gasteiger partial charge < -0.3 is 19.5 Å².